The number of aryl methyl sites for hydroxylation is 1. The Hall–Kier alpha value is -2.89. The minimum atomic E-state index is -1.30. The van der Waals surface area contributed by atoms with Crippen LogP contribution in [-0.4, -0.2) is 29.2 Å². The van der Waals surface area contributed by atoms with E-state index < -0.39 is 17.5 Å². The number of urea groups is 1. The van der Waals surface area contributed by atoms with Crippen molar-refractivity contribution in [1.82, 2.24) is 10.2 Å². The van der Waals surface area contributed by atoms with Crippen molar-refractivity contribution in [3.05, 3.63) is 58.0 Å². The molecule has 3 amide bonds. The number of hydrogen-bond donors (Lipinski definition) is 1. The summed E-state index contributed by atoms with van der Waals surface area (Å²) in [7, 11) is 0. The second-order valence-corrected chi connectivity index (χ2v) is 6.96. The molecular formula is C20H22N2O4. The molecule has 0 radical (unpaired) electrons. The number of imide groups is 1. The normalized spacial score (nSPS) is 19.8. The monoisotopic (exact) mass is 354 g/mol. The number of carbonyl (C=O) groups excluding carboxylic acids is 3. The quantitative estimate of drug-likeness (QED) is 0.676. The minimum Gasteiger partial charge on any atom is -0.466 e. The molecule has 1 N–H and O–H groups in total. The van der Waals surface area contributed by atoms with Crippen LogP contribution < -0.4 is 5.32 Å². The number of Topliss-reactive ketones (excluding diaryl/α,β-unsaturated/α-hetero) is 1. The van der Waals surface area contributed by atoms with Crippen molar-refractivity contribution in [1.29, 1.82) is 0 Å². The van der Waals surface area contributed by atoms with Crippen LogP contribution in [0.5, 0.6) is 0 Å². The summed E-state index contributed by atoms with van der Waals surface area (Å²) in [6.07, 6.45) is 1.44. The van der Waals surface area contributed by atoms with Gasteiger partial charge < -0.3 is 9.73 Å². The molecule has 1 aliphatic rings. The Morgan fingerprint density at radius 2 is 1.85 bits per heavy atom. The first kappa shape index (κ1) is 17.9. The first-order valence-corrected chi connectivity index (χ1v) is 8.45. The molecule has 6 heteroatoms. The van der Waals surface area contributed by atoms with Crippen LogP contribution >= 0.6 is 0 Å². The predicted molar refractivity (Wildman–Crippen MR) is 96.0 cm³/mol. The van der Waals surface area contributed by atoms with Crippen molar-refractivity contribution in [3.63, 3.8) is 0 Å². The SMILES string of the molecule is Cc1cc(C(=O)CN2C(=O)N[C@](C)(c3ccco3)C2=O)c(C)c(C)c1C. The second kappa shape index (κ2) is 6.12. The Morgan fingerprint density at radius 1 is 1.15 bits per heavy atom. The average Bonchev–Trinajstić information content (AvgIpc) is 3.21. The van der Waals surface area contributed by atoms with Gasteiger partial charge in [0.2, 0.25) is 0 Å². The summed E-state index contributed by atoms with van der Waals surface area (Å²) in [5.41, 5.74) is 3.31. The maximum absolute atomic E-state index is 12.8. The van der Waals surface area contributed by atoms with Crippen LogP contribution in [0.2, 0.25) is 0 Å². The summed E-state index contributed by atoms with van der Waals surface area (Å²) in [6.45, 7) is 9.08. The molecule has 26 heavy (non-hydrogen) atoms. The fraction of sp³-hybridized carbons (Fsp3) is 0.350. The largest absolute Gasteiger partial charge is 0.466 e. The van der Waals surface area contributed by atoms with Gasteiger partial charge in [-0.2, -0.15) is 0 Å². The number of furan rings is 1. The van der Waals surface area contributed by atoms with Crippen LogP contribution in [0.15, 0.2) is 28.9 Å². The van der Waals surface area contributed by atoms with E-state index >= 15 is 0 Å². The number of rotatable bonds is 4. The third-order valence-corrected chi connectivity index (χ3v) is 5.37. The van der Waals surface area contributed by atoms with E-state index in [0.717, 1.165) is 27.2 Å². The number of hydrogen-bond acceptors (Lipinski definition) is 4. The zero-order valence-electron chi connectivity index (χ0n) is 15.6. The lowest BCUT2D eigenvalue weighted by molar-refractivity contribution is -0.131. The molecule has 1 fully saturated rings. The predicted octanol–water partition coefficient (Wildman–Crippen LogP) is 3.16. The average molecular weight is 354 g/mol. The molecule has 0 spiro atoms. The van der Waals surface area contributed by atoms with Gasteiger partial charge in [-0.1, -0.05) is 0 Å². The van der Waals surface area contributed by atoms with Crippen molar-refractivity contribution in [2.75, 3.05) is 6.54 Å². The Balaban J connectivity index is 1.89. The molecule has 3 rings (SSSR count). The van der Waals surface area contributed by atoms with Crippen molar-refractivity contribution >= 4 is 17.7 Å². The summed E-state index contributed by atoms with van der Waals surface area (Å²) in [6, 6.07) is 4.50. The third kappa shape index (κ3) is 2.62. The molecule has 0 saturated carbocycles. The number of amides is 3. The molecule has 6 nitrogen and oxygen atoms in total. The van der Waals surface area contributed by atoms with Crippen LogP contribution in [0.25, 0.3) is 0 Å². The Labute approximate surface area is 152 Å². The zero-order chi connectivity index (χ0) is 19.2. The van der Waals surface area contributed by atoms with Crippen LogP contribution in [-0.2, 0) is 10.3 Å². The molecule has 1 aromatic heterocycles. The summed E-state index contributed by atoms with van der Waals surface area (Å²) in [5.74, 6) is -0.422. The lowest BCUT2D eigenvalue weighted by atomic mass is 9.92. The summed E-state index contributed by atoms with van der Waals surface area (Å²) in [4.78, 5) is 38.9. The first-order chi connectivity index (χ1) is 12.2. The maximum atomic E-state index is 12.8. The lowest BCUT2D eigenvalue weighted by Crippen LogP contribution is -2.41. The Morgan fingerprint density at radius 3 is 2.46 bits per heavy atom. The van der Waals surface area contributed by atoms with Crippen molar-refractivity contribution in [2.24, 2.45) is 0 Å². The van der Waals surface area contributed by atoms with E-state index in [9.17, 15) is 14.4 Å². The maximum Gasteiger partial charge on any atom is 0.325 e. The van der Waals surface area contributed by atoms with E-state index in [0.29, 0.717) is 11.3 Å². The molecule has 0 unspecified atom stereocenters. The highest BCUT2D eigenvalue weighted by atomic mass is 16.3. The van der Waals surface area contributed by atoms with Gasteiger partial charge in [-0.15, -0.1) is 0 Å². The van der Waals surface area contributed by atoms with Crippen molar-refractivity contribution in [2.45, 2.75) is 40.2 Å². The number of benzene rings is 1. The van der Waals surface area contributed by atoms with Gasteiger partial charge in [0.1, 0.15) is 5.76 Å². The third-order valence-electron chi connectivity index (χ3n) is 5.37. The molecule has 1 aliphatic heterocycles. The highest BCUT2D eigenvalue weighted by Gasteiger charge is 2.51. The summed E-state index contributed by atoms with van der Waals surface area (Å²) in [5, 5.41) is 2.63. The molecular weight excluding hydrogens is 332 g/mol. The van der Waals surface area contributed by atoms with Crippen molar-refractivity contribution in [3.8, 4) is 0 Å². The van der Waals surface area contributed by atoms with E-state index in [4.69, 9.17) is 4.42 Å². The van der Waals surface area contributed by atoms with Crippen LogP contribution in [0.3, 0.4) is 0 Å². The highest BCUT2D eigenvalue weighted by Crippen LogP contribution is 2.29. The Kier molecular flexibility index (Phi) is 4.22. The zero-order valence-corrected chi connectivity index (χ0v) is 15.6. The standard InChI is InChI=1S/C20H22N2O4/c1-11-9-15(14(4)13(3)12(11)2)16(23)10-22-18(24)20(5,21-19(22)25)17-7-6-8-26-17/h6-9H,10H2,1-5H3,(H,21,25)/t20-/m1/s1. The van der Waals surface area contributed by atoms with Crippen LogP contribution in [0.1, 0.15) is 45.3 Å². The van der Waals surface area contributed by atoms with Crippen LogP contribution in [0, 0.1) is 27.7 Å². The van der Waals surface area contributed by atoms with Gasteiger partial charge in [0.25, 0.3) is 5.91 Å². The van der Waals surface area contributed by atoms with E-state index in [1.807, 2.05) is 33.8 Å². The van der Waals surface area contributed by atoms with Gasteiger partial charge in [0.05, 0.1) is 12.8 Å². The van der Waals surface area contributed by atoms with E-state index in [1.165, 1.54) is 6.26 Å². The highest BCUT2D eigenvalue weighted by molar-refractivity contribution is 6.11. The first-order valence-electron chi connectivity index (χ1n) is 8.45. The van der Waals surface area contributed by atoms with Gasteiger partial charge >= 0.3 is 6.03 Å². The molecule has 136 valence electrons. The fourth-order valence-electron chi connectivity index (χ4n) is 3.30. The van der Waals surface area contributed by atoms with Gasteiger partial charge in [0.15, 0.2) is 11.3 Å². The fourth-order valence-corrected chi connectivity index (χ4v) is 3.30. The van der Waals surface area contributed by atoms with Crippen molar-refractivity contribution < 1.29 is 18.8 Å². The van der Waals surface area contributed by atoms with Gasteiger partial charge in [-0.25, -0.2) is 4.79 Å². The second-order valence-electron chi connectivity index (χ2n) is 6.96. The van der Waals surface area contributed by atoms with E-state index in [1.54, 1.807) is 19.1 Å². The Bertz CT molecular complexity index is 914. The van der Waals surface area contributed by atoms with Gasteiger partial charge in [0, 0.05) is 5.56 Å². The number of nitrogens with zero attached hydrogens (tertiary/aromatic N) is 1. The van der Waals surface area contributed by atoms with E-state index in [-0.39, 0.29) is 12.3 Å². The van der Waals surface area contributed by atoms with Gasteiger partial charge in [-0.3, -0.25) is 14.5 Å². The number of carbonyl (C=O) groups is 3. The number of ketones is 1. The topological polar surface area (TPSA) is 79.6 Å². The molecule has 0 bridgehead atoms. The molecule has 0 aliphatic carbocycles. The summed E-state index contributed by atoms with van der Waals surface area (Å²) >= 11 is 0. The summed E-state index contributed by atoms with van der Waals surface area (Å²) < 4.78 is 5.29. The number of nitrogens with one attached hydrogen (secondary N) is 1. The van der Waals surface area contributed by atoms with Gasteiger partial charge in [-0.05, 0) is 75.1 Å². The molecule has 1 aromatic carbocycles. The molecule has 1 saturated heterocycles. The molecule has 2 heterocycles. The van der Waals surface area contributed by atoms with E-state index in [2.05, 4.69) is 5.32 Å². The minimum absolute atomic E-state index is 0.263. The molecule has 2 aromatic rings. The van der Waals surface area contributed by atoms with Crippen LogP contribution in [0.4, 0.5) is 4.79 Å². The lowest BCUT2D eigenvalue weighted by Gasteiger charge is -2.19. The molecule has 1 atom stereocenters. The smallest absolute Gasteiger partial charge is 0.325 e.